The Morgan fingerprint density at radius 2 is 2.11 bits per heavy atom. The molecule has 3 N–H and O–H groups in total. The monoisotopic (exact) mass is 253 g/mol. The Kier molecular flexibility index (Phi) is 7.41. The van der Waals surface area contributed by atoms with E-state index in [-0.39, 0.29) is 6.61 Å². The first-order valence-electron chi connectivity index (χ1n) is 6.41. The second-order valence-electron chi connectivity index (χ2n) is 4.28. The molecule has 0 aliphatic heterocycles. The zero-order valence-corrected chi connectivity index (χ0v) is 10.9. The summed E-state index contributed by atoms with van der Waals surface area (Å²) < 4.78 is 5.12. The van der Waals surface area contributed by atoms with Crippen LogP contribution in [-0.2, 0) is 0 Å². The first-order chi connectivity index (χ1) is 8.77. The molecule has 1 aromatic rings. The highest BCUT2D eigenvalue weighted by Gasteiger charge is 2.07. The van der Waals surface area contributed by atoms with E-state index in [9.17, 15) is 5.11 Å². The molecule has 1 rings (SSSR count). The normalized spacial score (nSPS) is 12.4. The van der Waals surface area contributed by atoms with Crippen molar-refractivity contribution in [3.8, 4) is 5.75 Å². The Morgan fingerprint density at radius 3 is 2.83 bits per heavy atom. The van der Waals surface area contributed by atoms with Gasteiger partial charge in [-0.15, -0.1) is 0 Å². The van der Waals surface area contributed by atoms with E-state index < -0.39 is 6.10 Å². The van der Waals surface area contributed by atoms with Crippen LogP contribution in [0.15, 0.2) is 24.3 Å². The van der Waals surface area contributed by atoms with E-state index in [1.165, 1.54) is 0 Å². The fraction of sp³-hybridized carbons (Fsp3) is 0.571. The van der Waals surface area contributed by atoms with Crippen molar-refractivity contribution < 1.29 is 14.9 Å². The highest BCUT2D eigenvalue weighted by atomic mass is 16.5. The Morgan fingerprint density at radius 1 is 1.28 bits per heavy atom. The van der Waals surface area contributed by atoms with E-state index >= 15 is 0 Å². The molecule has 0 saturated heterocycles. The predicted octanol–water partition coefficient (Wildman–Crippen LogP) is 1.48. The molecule has 1 atom stereocenters. The van der Waals surface area contributed by atoms with E-state index in [1.54, 1.807) is 7.11 Å². The molecule has 4 nitrogen and oxygen atoms in total. The summed E-state index contributed by atoms with van der Waals surface area (Å²) in [5, 5.41) is 21.8. The number of ether oxygens (including phenoxy) is 1. The Labute approximate surface area is 109 Å². The van der Waals surface area contributed by atoms with Gasteiger partial charge in [0.25, 0.3) is 0 Å². The molecule has 0 heterocycles. The van der Waals surface area contributed by atoms with Crippen LogP contribution in [0.1, 0.15) is 30.9 Å². The molecule has 0 amide bonds. The minimum atomic E-state index is -0.516. The van der Waals surface area contributed by atoms with Crippen molar-refractivity contribution in [3.63, 3.8) is 0 Å². The van der Waals surface area contributed by atoms with E-state index in [1.807, 2.05) is 24.3 Å². The third kappa shape index (κ3) is 5.49. The van der Waals surface area contributed by atoms with Gasteiger partial charge in [0.1, 0.15) is 5.75 Å². The third-order valence-electron chi connectivity index (χ3n) is 2.83. The summed E-state index contributed by atoms with van der Waals surface area (Å²) in [5.41, 5.74) is 0.859. The van der Waals surface area contributed by atoms with Gasteiger partial charge in [0.15, 0.2) is 0 Å². The minimum Gasteiger partial charge on any atom is -0.497 e. The van der Waals surface area contributed by atoms with Gasteiger partial charge < -0.3 is 20.3 Å². The van der Waals surface area contributed by atoms with Gasteiger partial charge in [-0.05, 0) is 43.5 Å². The van der Waals surface area contributed by atoms with Crippen LogP contribution >= 0.6 is 0 Å². The maximum atomic E-state index is 9.99. The minimum absolute atomic E-state index is 0.256. The summed E-state index contributed by atoms with van der Waals surface area (Å²) in [7, 11) is 1.62. The number of hydrogen-bond donors (Lipinski definition) is 3. The molecule has 0 aliphatic carbocycles. The number of methoxy groups -OCH3 is 1. The Balaban J connectivity index is 2.25. The molecule has 102 valence electrons. The van der Waals surface area contributed by atoms with Crippen molar-refractivity contribution in [3.05, 3.63) is 29.8 Å². The molecule has 0 bridgehead atoms. The second kappa shape index (κ2) is 8.91. The molecular weight excluding hydrogens is 230 g/mol. The van der Waals surface area contributed by atoms with E-state index in [4.69, 9.17) is 9.84 Å². The number of unbranched alkanes of at least 4 members (excludes halogenated alkanes) is 2. The number of aliphatic hydroxyl groups is 2. The summed E-state index contributed by atoms with van der Waals surface area (Å²) in [6.45, 7) is 1.65. The van der Waals surface area contributed by atoms with Crippen molar-refractivity contribution in [2.75, 3.05) is 26.8 Å². The lowest BCUT2D eigenvalue weighted by Crippen LogP contribution is -2.22. The topological polar surface area (TPSA) is 61.7 Å². The van der Waals surface area contributed by atoms with E-state index in [0.717, 1.165) is 37.1 Å². The maximum absolute atomic E-state index is 9.99. The molecule has 0 spiro atoms. The van der Waals surface area contributed by atoms with Crippen LogP contribution < -0.4 is 10.1 Å². The Bertz CT molecular complexity index is 331. The van der Waals surface area contributed by atoms with Crippen molar-refractivity contribution >= 4 is 0 Å². The first kappa shape index (κ1) is 15.0. The SMILES string of the molecule is COc1cccc(C(O)CNCCCCCO)c1. The molecule has 1 aromatic carbocycles. The van der Waals surface area contributed by atoms with Gasteiger partial charge in [-0.1, -0.05) is 12.1 Å². The molecule has 18 heavy (non-hydrogen) atoms. The zero-order chi connectivity index (χ0) is 13.2. The molecule has 0 fully saturated rings. The largest absolute Gasteiger partial charge is 0.497 e. The number of hydrogen-bond acceptors (Lipinski definition) is 4. The smallest absolute Gasteiger partial charge is 0.119 e. The summed E-state index contributed by atoms with van der Waals surface area (Å²) >= 11 is 0. The van der Waals surface area contributed by atoms with Crippen molar-refractivity contribution in [2.45, 2.75) is 25.4 Å². The van der Waals surface area contributed by atoms with Gasteiger partial charge in [-0.3, -0.25) is 0 Å². The summed E-state index contributed by atoms with van der Waals surface area (Å²) in [6, 6.07) is 7.47. The lowest BCUT2D eigenvalue weighted by Gasteiger charge is -2.13. The van der Waals surface area contributed by atoms with E-state index in [2.05, 4.69) is 5.32 Å². The molecule has 0 saturated carbocycles. The van der Waals surface area contributed by atoms with E-state index in [0.29, 0.717) is 6.54 Å². The number of nitrogens with one attached hydrogen (secondary N) is 1. The van der Waals surface area contributed by atoms with Crippen LogP contribution in [-0.4, -0.2) is 37.0 Å². The highest BCUT2D eigenvalue weighted by Crippen LogP contribution is 2.18. The van der Waals surface area contributed by atoms with Crippen LogP contribution in [0.3, 0.4) is 0 Å². The lowest BCUT2D eigenvalue weighted by molar-refractivity contribution is 0.174. The van der Waals surface area contributed by atoms with Crippen LogP contribution in [0.25, 0.3) is 0 Å². The van der Waals surface area contributed by atoms with Crippen LogP contribution in [0.4, 0.5) is 0 Å². The summed E-state index contributed by atoms with van der Waals surface area (Å²) in [4.78, 5) is 0. The number of aliphatic hydroxyl groups excluding tert-OH is 2. The first-order valence-corrected chi connectivity index (χ1v) is 6.41. The predicted molar refractivity (Wildman–Crippen MR) is 71.8 cm³/mol. The van der Waals surface area contributed by atoms with Crippen LogP contribution in [0.2, 0.25) is 0 Å². The molecule has 1 unspecified atom stereocenters. The van der Waals surface area contributed by atoms with Crippen molar-refractivity contribution in [1.29, 1.82) is 0 Å². The highest BCUT2D eigenvalue weighted by molar-refractivity contribution is 5.29. The van der Waals surface area contributed by atoms with Gasteiger partial charge in [-0.2, -0.15) is 0 Å². The van der Waals surface area contributed by atoms with Gasteiger partial charge in [-0.25, -0.2) is 0 Å². The quantitative estimate of drug-likeness (QED) is 0.583. The van der Waals surface area contributed by atoms with Gasteiger partial charge in [0, 0.05) is 13.2 Å². The van der Waals surface area contributed by atoms with Crippen LogP contribution in [0.5, 0.6) is 5.75 Å². The molecule has 0 aliphatic rings. The van der Waals surface area contributed by atoms with Gasteiger partial charge in [0.2, 0.25) is 0 Å². The molecule has 0 radical (unpaired) electrons. The van der Waals surface area contributed by atoms with Crippen molar-refractivity contribution in [2.24, 2.45) is 0 Å². The molecule has 0 aromatic heterocycles. The third-order valence-corrected chi connectivity index (χ3v) is 2.83. The average molecular weight is 253 g/mol. The zero-order valence-electron chi connectivity index (χ0n) is 10.9. The van der Waals surface area contributed by atoms with Gasteiger partial charge >= 0.3 is 0 Å². The molecule has 4 heteroatoms. The average Bonchev–Trinajstić information content (AvgIpc) is 2.42. The molecular formula is C14H23NO3. The van der Waals surface area contributed by atoms with Crippen LogP contribution in [0, 0.1) is 0 Å². The van der Waals surface area contributed by atoms with Crippen molar-refractivity contribution in [1.82, 2.24) is 5.32 Å². The second-order valence-corrected chi connectivity index (χ2v) is 4.28. The van der Waals surface area contributed by atoms with Gasteiger partial charge in [0.05, 0.1) is 13.2 Å². The maximum Gasteiger partial charge on any atom is 0.119 e. The number of rotatable bonds is 9. The fourth-order valence-corrected chi connectivity index (χ4v) is 1.74. The standard InChI is InChI=1S/C14H23NO3/c1-18-13-7-5-6-12(10-13)14(17)11-15-8-3-2-4-9-16/h5-7,10,14-17H,2-4,8-9,11H2,1H3. The number of benzene rings is 1. The Hall–Kier alpha value is -1.10. The summed E-state index contributed by atoms with van der Waals surface area (Å²) in [6.07, 6.45) is 2.36. The lowest BCUT2D eigenvalue weighted by atomic mass is 10.1. The summed E-state index contributed by atoms with van der Waals surface area (Å²) in [5.74, 6) is 0.759. The fourth-order valence-electron chi connectivity index (χ4n) is 1.74.